The predicted octanol–water partition coefficient (Wildman–Crippen LogP) is 3.80. The largest absolute Gasteiger partial charge is 0.352 e. The Kier molecular flexibility index (Phi) is 7.16. The third-order valence-electron chi connectivity index (χ3n) is 3.27. The van der Waals surface area contributed by atoms with Crippen LogP contribution < -0.4 is 5.32 Å². The quantitative estimate of drug-likeness (QED) is 0.336. The van der Waals surface area contributed by atoms with Gasteiger partial charge in [0.1, 0.15) is 5.82 Å². The van der Waals surface area contributed by atoms with Gasteiger partial charge < -0.3 is 5.32 Å². The van der Waals surface area contributed by atoms with Crippen LogP contribution in [0, 0.1) is 15.9 Å². The molecule has 0 spiro atoms. The summed E-state index contributed by atoms with van der Waals surface area (Å²) in [4.78, 5) is 21.9. The number of nitrogens with one attached hydrogen (secondary N) is 1. The zero-order chi connectivity index (χ0) is 18.1. The van der Waals surface area contributed by atoms with Crippen molar-refractivity contribution in [3.63, 3.8) is 0 Å². The van der Waals surface area contributed by atoms with Crippen LogP contribution in [-0.2, 0) is 10.5 Å². The molecule has 2 aromatic carbocycles. The normalized spacial score (nSPS) is 10.8. The van der Waals surface area contributed by atoms with Crippen molar-refractivity contribution in [2.24, 2.45) is 0 Å². The van der Waals surface area contributed by atoms with Crippen molar-refractivity contribution >= 4 is 29.4 Å². The summed E-state index contributed by atoms with van der Waals surface area (Å²) in [6.45, 7) is 0.456. The van der Waals surface area contributed by atoms with Crippen molar-refractivity contribution in [1.82, 2.24) is 5.32 Å². The average molecular weight is 360 g/mol. The van der Waals surface area contributed by atoms with E-state index in [0.717, 1.165) is 0 Å². The van der Waals surface area contributed by atoms with Crippen LogP contribution >= 0.6 is 11.8 Å². The first-order valence-corrected chi connectivity index (χ1v) is 8.73. The number of thioether (sulfide) groups is 1. The van der Waals surface area contributed by atoms with E-state index in [9.17, 15) is 19.3 Å². The van der Waals surface area contributed by atoms with Gasteiger partial charge in [0.05, 0.1) is 4.92 Å². The second kappa shape index (κ2) is 9.58. The fourth-order valence-electron chi connectivity index (χ4n) is 2.02. The van der Waals surface area contributed by atoms with E-state index in [0.29, 0.717) is 29.2 Å². The first-order chi connectivity index (χ1) is 12.1. The van der Waals surface area contributed by atoms with Crippen LogP contribution in [0.15, 0.2) is 54.6 Å². The fourth-order valence-corrected chi connectivity index (χ4v) is 2.86. The zero-order valence-electron chi connectivity index (χ0n) is 13.4. The molecule has 25 heavy (non-hydrogen) atoms. The number of rotatable bonds is 8. The van der Waals surface area contributed by atoms with Gasteiger partial charge in [-0.05, 0) is 23.3 Å². The van der Waals surface area contributed by atoms with Gasteiger partial charge >= 0.3 is 0 Å². The van der Waals surface area contributed by atoms with Gasteiger partial charge in [-0.1, -0.05) is 30.3 Å². The minimum Gasteiger partial charge on any atom is -0.352 e. The van der Waals surface area contributed by atoms with E-state index < -0.39 is 4.92 Å². The number of hydrogen-bond acceptors (Lipinski definition) is 4. The summed E-state index contributed by atoms with van der Waals surface area (Å²) in [6, 6.07) is 12.6. The summed E-state index contributed by atoms with van der Waals surface area (Å²) in [5.41, 5.74) is 1.20. The molecule has 1 amide bonds. The lowest BCUT2D eigenvalue weighted by Gasteiger charge is -2.04. The van der Waals surface area contributed by atoms with Gasteiger partial charge in [0, 0.05) is 36.3 Å². The third kappa shape index (κ3) is 6.39. The number of carbonyl (C=O) groups excluding carboxylic acids is 1. The number of amides is 1. The van der Waals surface area contributed by atoms with Crippen molar-refractivity contribution in [3.05, 3.63) is 81.7 Å². The lowest BCUT2D eigenvalue weighted by Crippen LogP contribution is -2.23. The number of nitro groups is 1. The molecule has 0 aliphatic carbocycles. The summed E-state index contributed by atoms with van der Waals surface area (Å²) in [5, 5.41) is 13.4. The maximum atomic E-state index is 13.4. The smallest absolute Gasteiger partial charge is 0.270 e. The molecule has 5 nitrogen and oxygen atoms in total. The highest BCUT2D eigenvalue weighted by Gasteiger charge is 2.04. The molecule has 0 saturated carbocycles. The van der Waals surface area contributed by atoms with Crippen LogP contribution in [0.5, 0.6) is 0 Å². The Morgan fingerprint density at radius 1 is 1.24 bits per heavy atom. The van der Waals surface area contributed by atoms with Gasteiger partial charge in [-0.2, -0.15) is 11.8 Å². The molecule has 0 heterocycles. The molecule has 130 valence electrons. The third-order valence-corrected chi connectivity index (χ3v) is 4.28. The first kappa shape index (κ1) is 18.7. The minimum absolute atomic E-state index is 0.0212. The van der Waals surface area contributed by atoms with E-state index in [2.05, 4.69) is 5.32 Å². The summed E-state index contributed by atoms with van der Waals surface area (Å²) in [6.07, 6.45) is 2.86. The van der Waals surface area contributed by atoms with E-state index in [1.807, 2.05) is 0 Å². The van der Waals surface area contributed by atoms with Crippen LogP contribution in [0.1, 0.15) is 11.1 Å². The van der Waals surface area contributed by atoms with Crippen molar-refractivity contribution in [1.29, 1.82) is 0 Å². The monoisotopic (exact) mass is 360 g/mol. The molecule has 0 bridgehead atoms. The maximum Gasteiger partial charge on any atom is 0.270 e. The highest BCUT2D eigenvalue weighted by molar-refractivity contribution is 7.98. The second-order valence-corrected chi connectivity index (χ2v) is 6.23. The van der Waals surface area contributed by atoms with Crippen molar-refractivity contribution < 1.29 is 14.1 Å². The summed E-state index contributed by atoms with van der Waals surface area (Å²) < 4.78 is 13.4. The minimum atomic E-state index is -0.482. The molecule has 0 aliphatic rings. The van der Waals surface area contributed by atoms with Crippen molar-refractivity contribution in [2.45, 2.75) is 5.75 Å². The van der Waals surface area contributed by atoms with Crippen molar-refractivity contribution in [2.75, 3.05) is 12.3 Å². The number of nitrogens with zero attached hydrogens (tertiary/aromatic N) is 1. The van der Waals surface area contributed by atoms with Gasteiger partial charge in [0.15, 0.2) is 0 Å². The number of hydrogen-bond donors (Lipinski definition) is 1. The molecule has 0 radical (unpaired) electrons. The maximum absolute atomic E-state index is 13.4. The molecular weight excluding hydrogens is 343 g/mol. The van der Waals surface area contributed by atoms with Gasteiger partial charge in [-0.3, -0.25) is 14.9 Å². The number of nitro benzene ring substituents is 1. The molecule has 0 atom stereocenters. The lowest BCUT2D eigenvalue weighted by atomic mass is 10.2. The van der Waals surface area contributed by atoms with Gasteiger partial charge in [0.2, 0.25) is 5.91 Å². The van der Waals surface area contributed by atoms with Crippen LogP contribution in [0.4, 0.5) is 10.1 Å². The highest BCUT2D eigenvalue weighted by Crippen LogP contribution is 2.15. The van der Waals surface area contributed by atoms with Crippen LogP contribution in [-0.4, -0.2) is 23.1 Å². The molecule has 1 N–H and O–H groups in total. The molecule has 0 aliphatic heterocycles. The number of halogens is 1. The van der Waals surface area contributed by atoms with Gasteiger partial charge in [0.25, 0.3) is 5.69 Å². The Morgan fingerprint density at radius 3 is 2.80 bits per heavy atom. The molecule has 0 saturated heterocycles. The Morgan fingerprint density at radius 2 is 2.04 bits per heavy atom. The van der Waals surface area contributed by atoms with E-state index in [1.54, 1.807) is 30.3 Å². The topological polar surface area (TPSA) is 72.2 Å². The molecule has 2 aromatic rings. The second-order valence-electron chi connectivity index (χ2n) is 5.12. The molecular formula is C18H17FN2O3S. The van der Waals surface area contributed by atoms with Crippen LogP contribution in [0.25, 0.3) is 6.08 Å². The number of non-ortho nitro benzene ring substituents is 1. The summed E-state index contributed by atoms with van der Waals surface area (Å²) in [5.74, 6) is 0.702. The van der Waals surface area contributed by atoms with Gasteiger partial charge in [-0.15, -0.1) is 0 Å². The van der Waals surface area contributed by atoms with Gasteiger partial charge in [-0.25, -0.2) is 4.39 Å². The molecule has 0 unspecified atom stereocenters. The Bertz CT molecular complexity index is 780. The van der Waals surface area contributed by atoms with E-state index in [4.69, 9.17) is 0 Å². The average Bonchev–Trinajstić information content (AvgIpc) is 2.61. The predicted molar refractivity (Wildman–Crippen MR) is 97.7 cm³/mol. The molecule has 7 heteroatoms. The molecule has 0 fully saturated rings. The summed E-state index contributed by atoms with van der Waals surface area (Å²) in [7, 11) is 0. The van der Waals surface area contributed by atoms with Crippen LogP contribution in [0.3, 0.4) is 0 Å². The molecule has 0 aromatic heterocycles. The lowest BCUT2D eigenvalue weighted by molar-refractivity contribution is -0.384. The highest BCUT2D eigenvalue weighted by atomic mass is 32.2. The fraction of sp³-hybridized carbons (Fsp3) is 0.167. The van der Waals surface area contributed by atoms with E-state index in [-0.39, 0.29) is 17.4 Å². The standard InChI is InChI=1S/C18H17FN2O3S/c19-17-7-2-1-5-15(17)13-25-11-10-20-18(22)9-8-14-4-3-6-16(12-14)21(23)24/h1-9,12H,10-11,13H2,(H,20,22)/b9-8+. The summed E-state index contributed by atoms with van der Waals surface area (Å²) >= 11 is 1.53. The number of carbonyl (C=O) groups is 1. The Hall–Kier alpha value is -2.67. The Labute approximate surface area is 149 Å². The van der Waals surface area contributed by atoms with Crippen LogP contribution in [0.2, 0.25) is 0 Å². The first-order valence-electron chi connectivity index (χ1n) is 7.58. The zero-order valence-corrected chi connectivity index (χ0v) is 14.2. The Balaban J connectivity index is 1.71. The SMILES string of the molecule is O=C(/C=C/c1cccc([N+](=O)[O-])c1)NCCSCc1ccccc1F. The number of benzene rings is 2. The van der Waals surface area contributed by atoms with E-state index in [1.165, 1.54) is 42.1 Å². The van der Waals surface area contributed by atoms with Crippen molar-refractivity contribution in [3.8, 4) is 0 Å². The molecule has 2 rings (SSSR count). The van der Waals surface area contributed by atoms with E-state index >= 15 is 0 Å².